The Morgan fingerprint density at radius 3 is 1.93 bits per heavy atom. The highest BCUT2D eigenvalue weighted by Gasteiger charge is 2.44. The summed E-state index contributed by atoms with van der Waals surface area (Å²) in [7, 11) is 0. The maximum atomic E-state index is 11.9. The van der Waals surface area contributed by atoms with Gasteiger partial charge in [0.1, 0.15) is 0 Å². The molecular formula is C6H4F6O2. The van der Waals surface area contributed by atoms with E-state index in [0.29, 0.717) is 6.92 Å². The first-order valence-corrected chi connectivity index (χ1v) is 3.13. The van der Waals surface area contributed by atoms with E-state index >= 15 is 0 Å². The summed E-state index contributed by atoms with van der Waals surface area (Å²) in [6.07, 6.45) is -11.2. The highest BCUT2D eigenvalue weighted by molar-refractivity contribution is 5.90. The number of hydrogen-bond donors (Lipinski definition) is 0. The molecule has 1 atom stereocenters. The van der Waals surface area contributed by atoms with Gasteiger partial charge in [-0.2, -0.15) is 22.0 Å². The number of ether oxygens (including phenoxy) is 1. The van der Waals surface area contributed by atoms with E-state index < -0.39 is 30.2 Å². The second-order valence-corrected chi connectivity index (χ2v) is 2.08. The molecule has 0 aliphatic carbocycles. The van der Waals surface area contributed by atoms with Gasteiger partial charge >= 0.3 is 12.1 Å². The maximum absolute atomic E-state index is 11.9. The molecule has 0 aliphatic heterocycles. The lowest BCUT2D eigenvalue weighted by Crippen LogP contribution is -2.24. The number of carbonyl (C=O) groups excluding carboxylic acids is 1. The highest BCUT2D eigenvalue weighted by atomic mass is 19.4. The molecule has 0 aromatic heterocycles. The van der Waals surface area contributed by atoms with Gasteiger partial charge in [-0.15, -0.1) is 0 Å². The molecule has 0 radical (unpaired) electrons. The van der Waals surface area contributed by atoms with Crippen LogP contribution in [0.15, 0.2) is 11.7 Å². The normalized spacial score (nSPS) is 13.4. The average Bonchev–Trinajstić information content (AvgIpc) is 1.78. The number of carbonyl (C=O) groups is 1. The standard InChI is InChI=1S/C6H4F6O2/c1-2(7)14-5(13)3(4(8)9)6(10,11)12/h2H,1H3. The Morgan fingerprint density at radius 2 is 1.71 bits per heavy atom. The van der Waals surface area contributed by atoms with Gasteiger partial charge in [0, 0.05) is 6.92 Å². The van der Waals surface area contributed by atoms with Gasteiger partial charge in [-0.1, -0.05) is 0 Å². The molecule has 0 N–H and O–H groups in total. The van der Waals surface area contributed by atoms with E-state index in [1.165, 1.54) is 0 Å². The van der Waals surface area contributed by atoms with Gasteiger partial charge < -0.3 is 4.74 Å². The SMILES string of the molecule is CC(F)OC(=O)C(=C(F)F)C(F)(F)F. The third-order valence-electron chi connectivity index (χ3n) is 0.946. The lowest BCUT2D eigenvalue weighted by molar-refractivity contribution is -0.162. The van der Waals surface area contributed by atoms with Gasteiger partial charge in [-0.25, -0.2) is 9.18 Å². The molecule has 0 aromatic carbocycles. The first-order chi connectivity index (χ1) is 6.16. The van der Waals surface area contributed by atoms with Crippen molar-refractivity contribution >= 4 is 5.97 Å². The van der Waals surface area contributed by atoms with Crippen molar-refractivity contribution < 1.29 is 35.9 Å². The molecule has 0 bridgehead atoms. The molecule has 1 unspecified atom stereocenters. The Labute approximate surface area is 74.1 Å². The number of alkyl halides is 4. The minimum absolute atomic E-state index is 0.585. The maximum Gasteiger partial charge on any atom is 0.428 e. The predicted molar refractivity (Wildman–Crippen MR) is 32.0 cm³/mol. The number of rotatable bonds is 2. The molecule has 14 heavy (non-hydrogen) atoms. The fraction of sp³-hybridized carbons (Fsp3) is 0.500. The molecule has 0 aliphatic rings. The van der Waals surface area contributed by atoms with E-state index in [9.17, 15) is 31.1 Å². The molecule has 0 aromatic rings. The van der Waals surface area contributed by atoms with Crippen LogP contribution in [0.4, 0.5) is 26.3 Å². The van der Waals surface area contributed by atoms with Gasteiger partial charge in [-0.05, 0) is 0 Å². The molecule has 0 heterocycles. The average molecular weight is 222 g/mol. The molecule has 2 nitrogen and oxygen atoms in total. The Balaban J connectivity index is 4.90. The summed E-state index contributed by atoms with van der Waals surface area (Å²) in [5.74, 6) is -2.44. The van der Waals surface area contributed by atoms with Crippen LogP contribution in [0, 0.1) is 0 Å². The summed E-state index contributed by atoms with van der Waals surface area (Å²) in [4.78, 5) is 10.3. The molecule has 0 saturated carbocycles. The molecule has 82 valence electrons. The van der Waals surface area contributed by atoms with Gasteiger partial charge in [-0.3, -0.25) is 0 Å². The number of hydrogen-bond acceptors (Lipinski definition) is 2. The monoisotopic (exact) mass is 222 g/mol. The lowest BCUT2D eigenvalue weighted by atomic mass is 10.3. The quantitative estimate of drug-likeness (QED) is 0.407. The molecule has 0 fully saturated rings. The van der Waals surface area contributed by atoms with E-state index in [1.807, 2.05) is 0 Å². The van der Waals surface area contributed by atoms with Crippen molar-refractivity contribution in [2.75, 3.05) is 0 Å². The van der Waals surface area contributed by atoms with E-state index in [0.717, 1.165) is 0 Å². The van der Waals surface area contributed by atoms with Crippen molar-refractivity contribution in [3.63, 3.8) is 0 Å². The van der Waals surface area contributed by atoms with Crippen LogP contribution < -0.4 is 0 Å². The van der Waals surface area contributed by atoms with E-state index in [-0.39, 0.29) is 0 Å². The van der Waals surface area contributed by atoms with Crippen molar-refractivity contribution in [2.45, 2.75) is 19.5 Å². The zero-order chi connectivity index (χ0) is 11.5. The first kappa shape index (κ1) is 12.8. The van der Waals surface area contributed by atoms with Crippen LogP contribution in [0.25, 0.3) is 0 Å². The molecule has 8 heteroatoms. The van der Waals surface area contributed by atoms with E-state index in [4.69, 9.17) is 0 Å². The highest BCUT2D eigenvalue weighted by Crippen LogP contribution is 2.30. The zero-order valence-electron chi connectivity index (χ0n) is 6.66. The van der Waals surface area contributed by atoms with Crippen molar-refractivity contribution in [1.29, 1.82) is 0 Å². The smallest absolute Gasteiger partial charge is 0.428 e. The summed E-state index contributed by atoms with van der Waals surface area (Å²) in [5.41, 5.74) is -2.79. The van der Waals surface area contributed by atoms with Crippen LogP contribution in [0.1, 0.15) is 6.92 Å². The minimum atomic E-state index is -5.56. The minimum Gasteiger partial charge on any atom is -0.428 e. The Morgan fingerprint density at radius 1 is 1.29 bits per heavy atom. The topological polar surface area (TPSA) is 26.3 Å². The van der Waals surface area contributed by atoms with Crippen LogP contribution in [-0.2, 0) is 9.53 Å². The summed E-state index contributed by atoms with van der Waals surface area (Å²) < 4.78 is 73.6. The largest absolute Gasteiger partial charge is 0.428 e. The van der Waals surface area contributed by atoms with Crippen molar-refractivity contribution in [1.82, 2.24) is 0 Å². The first-order valence-electron chi connectivity index (χ1n) is 3.13. The molecule has 0 spiro atoms. The van der Waals surface area contributed by atoms with Crippen molar-refractivity contribution in [2.24, 2.45) is 0 Å². The predicted octanol–water partition coefficient (Wildman–Crippen LogP) is 2.56. The summed E-state index contributed by atoms with van der Waals surface area (Å²) in [6, 6.07) is 0. The summed E-state index contributed by atoms with van der Waals surface area (Å²) in [5, 5.41) is 0. The van der Waals surface area contributed by atoms with Crippen LogP contribution in [0.3, 0.4) is 0 Å². The molecular weight excluding hydrogens is 218 g/mol. The van der Waals surface area contributed by atoms with Crippen molar-refractivity contribution in [3.05, 3.63) is 11.7 Å². The van der Waals surface area contributed by atoms with Crippen molar-refractivity contribution in [3.8, 4) is 0 Å². The number of halogens is 6. The van der Waals surface area contributed by atoms with Gasteiger partial charge in [0.25, 0.3) is 6.08 Å². The second kappa shape index (κ2) is 4.34. The van der Waals surface area contributed by atoms with E-state index in [1.54, 1.807) is 0 Å². The molecule has 0 rings (SSSR count). The zero-order valence-corrected chi connectivity index (χ0v) is 6.66. The third-order valence-corrected chi connectivity index (χ3v) is 0.946. The second-order valence-electron chi connectivity index (χ2n) is 2.08. The Hall–Kier alpha value is -1.21. The summed E-state index contributed by atoms with van der Waals surface area (Å²) >= 11 is 0. The van der Waals surface area contributed by atoms with Gasteiger partial charge in [0.15, 0.2) is 0 Å². The fourth-order valence-corrected chi connectivity index (χ4v) is 0.506. The van der Waals surface area contributed by atoms with E-state index in [2.05, 4.69) is 4.74 Å². The Kier molecular flexibility index (Phi) is 3.96. The van der Waals surface area contributed by atoms with Gasteiger partial charge in [0.05, 0.1) is 0 Å². The van der Waals surface area contributed by atoms with Crippen LogP contribution in [0.5, 0.6) is 0 Å². The molecule has 0 saturated heterocycles. The lowest BCUT2D eigenvalue weighted by Gasteiger charge is -2.10. The van der Waals surface area contributed by atoms with Crippen LogP contribution >= 0.6 is 0 Å². The van der Waals surface area contributed by atoms with Crippen LogP contribution in [0.2, 0.25) is 0 Å². The Bertz CT molecular complexity index is 250. The summed E-state index contributed by atoms with van der Waals surface area (Å²) in [6.45, 7) is 0.585. The number of esters is 1. The van der Waals surface area contributed by atoms with Crippen LogP contribution in [-0.4, -0.2) is 18.5 Å². The molecule has 0 amide bonds. The van der Waals surface area contributed by atoms with Gasteiger partial charge in [0.2, 0.25) is 11.9 Å². The fourth-order valence-electron chi connectivity index (χ4n) is 0.506. The third kappa shape index (κ3) is 3.67.